The highest BCUT2D eigenvalue weighted by atomic mass is 32.2. The molecule has 0 amide bonds. The van der Waals surface area contributed by atoms with Crippen LogP contribution in [-0.4, -0.2) is 34.4 Å². The smallest absolute Gasteiger partial charge is 0.243 e. The maximum Gasteiger partial charge on any atom is 0.243 e. The average molecular weight is 372 g/mol. The highest BCUT2D eigenvalue weighted by Crippen LogP contribution is 2.20. The fourth-order valence-corrected chi connectivity index (χ4v) is 3.75. The molecule has 24 heavy (non-hydrogen) atoms. The molecule has 0 aliphatic carbocycles. The lowest BCUT2D eigenvalue weighted by atomic mass is 10.2. The van der Waals surface area contributed by atoms with E-state index in [9.17, 15) is 21.2 Å². The van der Waals surface area contributed by atoms with E-state index in [-0.39, 0.29) is 22.7 Å². The Morgan fingerprint density at radius 3 is 2.12 bits per heavy atom. The van der Waals surface area contributed by atoms with Crippen LogP contribution in [0.25, 0.3) is 0 Å². The molecule has 0 saturated carbocycles. The lowest BCUT2D eigenvalue weighted by Gasteiger charge is -2.18. The third kappa shape index (κ3) is 4.53. The van der Waals surface area contributed by atoms with E-state index in [0.717, 1.165) is 10.6 Å². The van der Waals surface area contributed by atoms with Crippen molar-refractivity contribution in [3.63, 3.8) is 0 Å². The van der Waals surface area contributed by atoms with Crippen molar-refractivity contribution in [3.05, 3.63) is 59.9 Å². The zero-order valence-corrected chi connectivity index (χ0v) is 14.7. The van der Waals surface area contributed by atoms with Gasteiger partial charge in [-0.25, -0.2) is 21.2 Å². The molecule has 6 nitrogen and oxygen atoms in total. The van der Waals surface area contributed by atoms with Crippen molar-refractivity contribution in [2.24, 2.45) is 0 Å². The number of nitrogens with one attached hydrogen (secondary N) is 1. The summed E-state index contributed by atoms with van der Waals surface area (Å²) in [6.45, 7) is -0.113. The molecule has 0 aliphatic heterocycles. The standard InChI is InChI=1S/C15H17FN2O4S2/c1-18(11-12-5-3-4-6-15(12)16)24(21,22)14-9-7-13(8-10-14)17-23(2,19)20/h3-10,17H,11H2,1-2H3. The Labute approximate surface area is 141 Å². The van der Waals surface area contributed by atoms with E-state index < -0.39 is 25.9 Å². The van der Waals surface area contributed by atoms with Gasteiger partial charge in [-0.05, 0) is 30.3 Å². The summed E-state index contributed by atoms with van der Waals surface area (Å²) >= 11 is 0. The van der Waals surface area contributed by atoms with Gasteiger partial charge in [0.2, 0.25) is 20.0 Å². The largest absolute Gasteiger partial charge is 0.284 e. The van der Waals surface area contributed by atoms with Crippen LogP contribution in [-0.2, 0) is 26.6 Å². The van der Waals surface area contributed by atoms with Crippen LogP contribution < -0.4 is 4.72 Å². The van der Waals surface area contributed by atoms with E-state index >= 15 is 0 Å². The summed E-state index contributed by atoms with van der Waals surface area (Å²) in [5.41, 5.74) is 0.521. The minimum absolute atomic E-state index is 0.0135. The van der Waals surface area contributed by atoms with Gasteiger partial charge in [-0.3, -0.25) is 4.72 Å². The summed E-state index contributed by atoms with van der Waals surface area (Å²) in [5.74, 6) is -0.479. The second-order valence-electron chi connectivity index (χ2n) is 5.25. The van der Waals surface area contributed by atoms with Gasteiger partial charge in [-0.15, -0.1) is 0 Å². The Hall–Kier alpha value is -1.97. The molecule has 2 rings (SSSR count). The summed E-state index contributed by atoms with van der Waals surface area (Å²) in [6, 6.07) is 11.2. The molecule has 0 saturated heterocycles. The van der Waals surface area contributed by atoms with Gasteiger partial charge < -0.3 is 0 Å². The van der Waals surface area contributed by atoms with Crippen LogP contribution in [0.5, 0.6) is 0 Å². The Balaban J connectivity index is 2.22. The normalized spacial score (nSPS) is 12.3. The molecule has 2 aromatic carbocycles. The lowest BCUT2D eigenvalue weighted by molar-refractivity contribution is 0.456. The predicted molar refractivity (Wildman–Crippen MR) is 90.0 cm³/mol. The zero-order chi connectivity index (χ0) is 18.0. The van der Waals surface area contributed by atoms with Crippen LogP contribution >= 0.6 is 0 Å². The fraction of sp³-hybridized carbons (Fsp3) is 0.200. The average Bonchev–Trinajstić information content (AvgIpc) is 2.48. The molecule has 0 heterocycles. The predicted octanol–water partition coefficient (Wildman–Crippen LogP) is 2.02. The van der Waals surface area contributed by atoms with E-state index in [2.05, 4.69) is 4.72 Å². The van der Waals surface area contributed by atoms with E-state index in [4.69, 9.17) is 0 Å². The molecular weight excluding hydrogens is 355 g/mol. The number of hydrogen-bond donors (Lipinski definition) is 1. The first-order valence-corrected chi connectivity index (χ1v) is 10.2. The number of rotatable bonds is 6. The molecule has 0 aromatic heterocycles. The summed E-state index contributed by atoms with van der Waals surface area (Å²) < 4.78 is 64.3. The minimum atomic E-state index is -3.82. The van der Waals surface area contributed by atoms with Crippen molar-refractivity contribution >= 4 is 25.7 Å². The first-order chi connectivity index (χ1) is 11.1. The van der Waals surface area contributed by atoms with E-state index in [1.807, 2.05) is 0 Å². The summed E-state index contributed by atoms with van der Waals surface area (Å²) in [5, 5.41) is 0. The number of halogens is 1. The number of nitrogens with zero attached hydrogens (tertiary/aromatic N) is 1. The van der Waals surface area contributed by atoms with Gasteiger partial charge in [0.05, 0.1) is 11.2 Å². The Morgan fingerprint density at radius 2 is 1.58 bits per heavy atom. The van der Waals surface area contributed by atoms with Gasteiger partial charge in [-0.1, -0.05) is 18.2 Å². The van der Waals surface area contributed by atoms with Crippen LogP contribution in [0.4, 0.5) is 10.1 Å². The summed E-state index contributed by atoms with van der Waals surface area (Å²) in [4.78, 5) is -0.0135. The first-order valence-electron chi connectivity index (χ1n) is 6.87. The fourth-order valence-electron chi connectivity index (χ4n) is 2.04. The van der Waals surface area contributed by atoms with Crippen molar-refractivity contribution < 1.29 is 21.2 Å². The van der Waals surface area contributed by atoms with E-state index in [0.29, 0.717) is 0 Å². The Kier molecular flexibility index (Phi) is 5.26. The van der Waals surface area contributed by atoms with Crippen molar-refractivity contribution in [1.82, 2.24) is 4.31 Å². The van der Waals surface area contributed by atoms with Gasteiger partial charge in [0.15, 0.2) is 0 Å². The van der Waals surface area contributed by atoms with Gasteiger partial charge >= 0.3 is 0 Å². The second kappa shape index (κ2) is 6.88. The molecule has 0 aliphatic rings. The first kappa shape index (κ1) is 18.4. The Morgan fingerprint density at radius 1 is 1.00 bits per heavy atom. The molecule has 0 spiro atoms. The third-order valence-corrected chi connectivity index (χ3v) is 5.64. The molecule has 0 radical (unpaired) electrons. The SMILES string of the molecule is CN(Cc1ccccc1F)S(=O)(=O)c1ccc(NS(C)(=O)=O)cc1. The monoisotopic (exact) mass is 372 g/mol. The molecule has 0 fully saturated rings. The summed E-state index contributed by atoms with van der Waals surface area (Å²) in [6.07, 6.45) is 1.000. The maximum atomic E-state index is 13.7. The van der Waals surface area contributed by atoms with Crippen molar-refractivity contribution in [1.29, 1.82) is 0 Å². The van der Waals surface area contributed by atoms with Crippen molar-refractivity contribution in [2.75, 3.05) is 18.0 Å². The molecule has 2 aromatic rings. The van der Waals surface area contributed by atoms with Crippen molar-refractivity contribution in [2.45, 2.75) is 11.4 Å². The van der Waals surface area contributed by atoms with Crippen LogP contribution in [0.2, 0.25) is 0 Å². The molecule has 9 heteroatoms. The Bertz CT molecular complexity index is 926. The van der Waals surface area contributed by atoms with Crippen molar-refractivity contribution in [3.8, 4) is 0 Å². The lowest BCUT2D eigenvalue weighted by Crippen LogP contribution is -2.27. The number of benzene rings is 2. The molecule has 130 valence electrons. The molecular formula is C15H17FN2O4S2. The highest BCUT2D eigenvalue weighted by molar-refractivity contribution is 7.92. The van der Waals surface area contributed by atoms with Gasteiger partial charge in [-0.2, -0.15) is 4.31 Å². The molecule has 0 unspecified atom stereocenters. The zero-order valence-electron chi connectivity index (χ0n) is 13.1. The van der Waals surface area contributed by atoms with Crippen LogP contribution in [0, 0.1) is 5.82 Å². The number of anilines is 1. The van der Waals surface area contributed by atoms with Crippen LogP contribution in [0.1, 0.15) is 5.56 Å². The van der Waals surface area contributed by atoms with E-state index in [1.165, 1.54) is 49.5 Å². The van der Waals surface area contributed by atoms with Gasteiger partial charge in [0.1, 0.15) is 5.82 Å². The minimum Gasteiger partial charge on any atom is -0.284 e. The third-order valence-electron chi connectivity index (χ3n) is 3.22. The van der Waals surface area contributed by atoms with Gasteiger partial charge in [0.25, 0.3) is 0 Å². The number of hydrogen-bond acceptors (Lipinski definition) is 4. The molecule has 1 N–H and O–H groups in total. The van der Waals surface area contributed by atoms with Crippen LogP contribution in [0.3, 0.4) is 0 Å². The quantitative estimate of drug-likeness (QED) is 0.841. The second-order valence-corrected chi connectivity index (χ2v) is 9.04. The summed E-state index contributed by atoms with van der Waals surface area (Å²) in [7, 11) is -5.91. The van der Waals surface area contributed by atoms with Gasteiger partial charge in [0, 0.05) is 24.8 Å². The topological polar surface area (TPSA) is 83.6 Å². The molecule has 0 bridgehead atoms. The van der Waals surface area contributed by atoms with E-state index in [1.54, 1.807) is 6.07 Å². The maximum absolute atomic E-state index is 13.7. The molecule has 0 atom stereocenters. The highest BCUT2D eigenvalue weighted by Gasteiger charge is 2.21. The number of sulfonamides is 2. The van der Waals surface area contributed by atoms with Crippen LogP contribution in [0.15, 0.2) is 53.4 Å².